The molecule has 92 valence electrons. The third-order valence-corrected chi connectivity index (χ3v) is 6.61. The van der Waals surface area contributed by atoms with E-state index in [0.29, 0.717) is 5.54 Å². The Labute approximate surface area is 116 Å². The van der Waals surface area contributed by atoms with Crippen molar-refractivity contribution in [1.29, 1.82) is 0 Å². The third-order valence-electron chi connectivity index (χ3n) is 4.28. The summed E-state index contributed by atoms with van der Waals surface area (Å²) >= 11 is 0. The summed E-state index contributed by atoms with van der Waals surface area (Å²) in [6, 6.07) is 17.9. The van der Waals surface area contributed by atoms with Gasteiger partial charge in [0.15, 0.2) is 0 Å². The van der Waals surface area contributed by atoms with Gasteiger partial charge in [0.25, 0.3) is 0 Å². The zero-order valence-electron chi connectivity index (χ0n) is 10.8. The van der Waals surface area contributed by atoms with E-state index >= 15 is 0 Å². The molecule has 0 saturated carbocycles. The molecule has 4 rings (SSSR count). The van der Waals surface area contributed by atoms with E-state index in [2.05, 4.69) is 66.8 Å². The Morgan fingerprint density at radius 1 is 0.842 bits per heavy atom. The molecule has 0 radical (unpaired) electrons. The van der Waals surface area contributed by atoms with E-state index in [1.807, 2.05) is 0 Å². The molecular formula is C18H16Si. The van der Waals surface area contributed by atoms with Crippen molar-refractivity contribution < 1.29 is 0 Å². The van der Waals surface area contributed by atoms with Crippen LogP contribution in [-0.4, -0.2) is 9.52 Å². The molecule has 2 aromatic carbocycles. The smallest absolute Gasteiger partial charge is 0.0632 e. The Morgan fingerprint density at radius 2 is 1.47 bits per heavy atom. The van der Waals surface area contributed by atoms with Gasteiger partial charge in [0.2, 0.25) is 0 Å². The highest BCUT2D eigenvalue weighted by molar-refractivity contribution is 6.49. The van der Waals surface area contributed by atoms with Gasteiger partial charge in [0.05, 0.1) is 9.52 Å². The van der Waals surface area contributed by atoms with Crippen LogP contribution in [0, 0.1) is 0 Å². The maximum atomic E-state index is 2.34. The van der Waals surface area contributed by atoms with Crippen LogP contribution in [0.1, 0.15) is 23.1 Å². The SMILES string of the molecule is C1=CCC([SiH2]C2c3ccccc3-c3ccccc32)=C1. The Balaban J connectivity index is 1.82. The molecule has 0 aromatic heterocycles. The van der Waals surface area contributed by atoms with Crippen molar-refractivity contribution in [3.8, 4) is 11.1 Å². The lowest BCUT2D eigenvalue weighted by atomic mass is 10.1. The van der Waals surface area contributed by atoms with Gasteiger partial charge in [-0.3, -0.25) is 0 Å². The van der Waals surface area contributed by atoms with Gasteiger partial charge >= 0.3 is 0 Å². The molecule has 2 aliphatic rings. The number of hydrogen-bond donors (Lipinski definition) is 0. The number of benzene rings is 2. The molecule has 0 saturated heterocycles. The van der Waals surface area contributed by atoms with Crippen molar-refractivity contribution in [2.45, 2.75) is 12.0 Å². The second-order valence-corrected chi connectivity index (χ2v) is 7.52. The van der Waals surface area contributed by atoms with Crippen LogP contribution in [0.25, 0.3) is 11.1 Å². The van der Waals surface area contributed by atoms with Crippen LogP contribution < -0.4 is 0 Å². The zero-order valence-corrected chi connectivity index (χ0v) is 12.3. The van der Waals surface area contributed by atoms with Gasteiger partial charge in [-0.15, -0.1) is 0 Å². The standard InChI is InChI=1S/C18H16Si/c1-2-8-13(7-1)19-18-16-11-5-3-9-14(16)15-10-4-6-12-17(15)18/h1-7,9-12,18H,8,19H2. The van der Waals surface area contributed by atoms with E-state index in [1.165, 1.54) is 17.5 Å². The van der Waals surface area contributed by atoms with Crippen molar-refractivity contribution in [3.05, 3.63) is 83.1 Å². The highest BCUT2D eigenvalue weighted by Crippen LogP contribution is 2.44. The summed E-state index contributed by atoms with van der Waals surface area (Å²) in [6.07, 6.45) is 8.03. The lowest BCUT2D eigenvalue weighted by molar-refractivity contribution is 1.17. The first-order valence-electron chi connectivity index (χ1n) is 6.96. The maximum Gasteiger partial charge on any atom is 0.0632 e. The fraction of sp³-hybridized carbons (Fsp3) is 0.111. The van der Waals surface area contributed by atoms with Crippen LogP contribution in [-0.2, 0) is 0 Å². The second kappa shape index (κ2) is 4.36. The van der Waals surface area contributed by atoms with Crippen LogP contribution >= 0.6 is 0 Å². The molecule has 2 aliphatic carbocycles. The summed E-state index contributed by atoms with van der Waals surface area (Å²) in [5.74, 6) is 0. The minimum absolute atomic E-state index is 0.255. The number of allylic oxidation sites excluding steroid dienone is 4. The predicted octanol–water partition coefficient (Wildman–Crippen LogP) is 3.77. The Bertz CT molecular complexity index is 649. The topological polar surface area (TPSA) is 0 Å². The van der Waals surface area contributed by atoms with Gasteiger partial charge < -0.3 is 0 Å². The van der Waals surface area contributed by atoms with E-state index in [1.54, 1.807) is 16.3 Å². The summed E-state index contributed by atoms with van der Waals surface area (Å²) in [7, 11) is -0.255. The van der Waals surface area contributed by atoms with Gasteiger partial charge in [-0.2, -0.15) is 0 Å². The van der Waals surface area contributed by atoms with Gasteiger partial charge in [-0.1, -0.05) is 72.0 Å². The molecule has 0 aliphatic heterocycles. The summed E-state index contributed by atoms with van der Waals surface area (Å²) < 4.78 is 0. The second-order valence-electron chi connectivity index (χ2n) is 5.39. The fourth-order valence-electron chi connectivity index (χ4n) is 3.38. The van der Waals surface area contributed by atoms with Crippen LogP contribution in [0.3, 0.4) is 0 Å². The Hall–Kier alpha value is -1.86. The first-order chi connectivity index (χ1) is 9.43. The minimum Gasteiger partial charge on any atom is -0.0832 e. The summed E-state index contributed by atoms with van der Waals surface area (Å²) in [6.45, 7) is 0. The molecule has 2 aromatic rings. The molecule has 19 heavy (non-hydrogen) atoms. The van der Waals surface area contributed by atoms with E-state index < -0.39 is 0 Å². The Kier molecular flexibility index (Phi) is 2.52. The normalized spacial score (nSPS) is 16.9. The molecule has 0 nitrogen and oxygen atoms in total. The summed E-state index contributed by atoms with van der Waals surface area (Å²) in [5, 5.41) is 1.69. The molecule has 1 heteroatoms. The quantitative estimate of drug-likeness (QED) is 0.721. The first kappa shape index (κ1) is 11.0. The van der Waals surface area contributed by atoms with Crippen molar-refractivity contribution >= 4 is 9.52 Å². The van der Waals surface area contributed by atoms with Crippen molar-refractivity contribution in [2.24, 2.45) is 0 Å². The molecule has 0 bridgehead atoms. The molecular weight excluding hydrogens is 244 g/mol. The van der Waals surface area contributed by atoms with Crippen molar-refractivity contribution in [2.75, 3.05) is 0 Å². The highest BCUT2D eigenvalue weighted by Gasteiger charge is 2.28. The van der Waals surface area contributed by atoms with Crippen molar-refractivity contribution in [3.63, 3.8) is 0 Å². The van der Waals surface area contributed by atoms with Gasteiger partial charge in [0, 0.05) is 5.54 Å². The minimum atomic E-state index is -0.255. The van der Waals surface area contributed by atoms with E-state index in [4.69, 9.17) is 0 Å². The molecule has 0 fully saturated rings. The average Bonchev–Trinajstić information content (AvgIpc) is 3.08. The molecule has 0 heterocycles. The van der Waals surface area contributed by atoms with Crippen molar-refractivity contribution in [1.82, 2.24) is 0 Å². The molecule has 0 atom stereocenters. The first-order valence-corrected chi connectivity index (χ1v) is 8.48. The highest BCUT2D eigenvalue weighted by atomic mass is 28.2. The molecule has 0 N–H and O–H groups in total. The van der Waals surface area contributed by atoms with Crippen LogP contribution in [0.15, 0.2) is 72.0 Å². The van der Waals surface area contributed by atoms with Crippen LogP contribution in [0.2, 0.25) is 0 Å². The number of hydrogen-bond acceptors (Lipinski definition) is 0. The Morgan fingerprint density at radius 3 is 2.05 bits per heavy atom. The van der Waals surface area contributed by atoms with Gasteiger partial charge in [-0.05, 0) is 28.7 Å². The zero-order chi connectivity index (χ0) is 12.7. The monoisotopic (exact) mass is 260 g/mol. The van der Waals surface area contributed by atoms with Gasteiger partial charge in [0.1, 0.15) is 0 Å². The predicted molar refractivity (Wildman–Crippen MR) is 84.1 cm³/mol. The van der Waals surface area contributed by atoms with Crippen LogP contribution in [0.5, 0.6) is 0 Å². The molecule has 0 amide bonds. The largest absolute Gasteiger partial charge is 0.0832 e. The summed E-state index contributed by atoms with van der Waals surface area (Å²) in [5.41, 5.74) is 6.72. The number of rotatable bonds is 2. The van der Waals surface area contributed by atoms with E-state index in [9.17, 15) is 0 Å². The molecule has 0 unspecified atom stereocenters. The van der Waals surface area contributed by atoms with E-state index in [0.717, 1.165) is 0 Å². The third kappa shape index (κ3) is 1.73. The van der Waals surface area contributed by atoms with E-state index in [-0.39, 0.29) is 9.52 Å². The lowest BCUT2D eigenvalue weighted by Crippen LogP contribution is -2.09. The summed E-state index contributed by atoms with van der Waals surface area (Å²) in [4.78, 5) is 0. The average molecular weight is 260 g/mol. The van der Waals surface area contributed by atoms with Crippen LogP contribution in [0.4, 0.5) is 0 Å². The fourth-order valence-corrected chi connectivity index (χ4v) is 5.67. The molecule has 0 spiro atoms. The lowest BCUT2D eigenvalue weighted by Gasteiger charge is -2.13. The maximum absolute atomic E-state index is 2.34. The van der Waals surface area contributed by atoms with Gasteiger partial charge in [-0.25, -0.2) is 0 Å². The number of fused-ring (bicyclic) bond motifs is 3.